The normalized spacial score (nSPS) is 12.8. The van der Waals surface area contributed by atoms with Crippen LogP contribution in [-0.4, -0.2) is 19.5 Å². The summed E-state index contributed by atoms with van der Waals surface area (Å²) >= 11 is 17.8. The molecule has 2 rings (SSSR count). The number of aliphatic carboxylic acids is 1. The molecule has 0 aliphatic carbocycles. The Morgan fingerprint density at radius 1 is 1.08 bits per heavy atom. The molecule has 0 saturated heterocycles. The molecule has 0 aromatic heterocycles. The van der Waals surface area contributed by atoms with Crippen LogP contribution in [0.1, 0.15) is 18.0 Å². The molecule has 2 aromatic carbocycles. The molecule has 128 valence electrons. The van der Waals surface area contributed by atoms with Crippen molar-refractivity contribution in [2.45, 2.75) is 17.4 Å². The Morgan fingerprint density at radius 2 is 1.75 bits per heavy atom. The van der Waals surface area contributed by atoms with Gasteiger partial charge in [-0.2, -0.15) is 0 Å². The van der Waals surface area contributed by atoms with Gasteiger partial charge in [0.25, 0.3) is 0 Å². The predicted octanol–water partition coefficient (Wildman–Crippen LogP) is 4.14. The second kappa shape index (κ2) is 7.72. The maximum Gasteiger partial charge on any atom is 0.305 e. The summed E-state index contributed by atoms with van der Waals surface area (Å²) in [5.74, 6) is -1.18. The Bertz CT molecular complexity index is 871. The van der Waals surface area contributed by atoms with Crippen LogP contribution in [0, 0.1) is 0 Å². The smallest absolute Gasteiger partial charge is 0.305 e. The molecule has 9 heteroatoms. The molecule has 0 amide bonds. The first-order valence-electron chi connectivity index (χ1n) is 6.64. The SMILES string of the molecule is O=C(O)CC(NS(=O)(=O)c1cc(Cl)ccc1Cl)c1ccccc1Cl. The van der Waals surface area contributed by atoms with Crippen LogP contribution in [0.15, 0.2) is 47.4 Å². The Morgan fingerprint density at radius 3 is 2.38 bits per heavy atom. The molecule has 2 aromatic rings. The number of carboxylic acid groups (broad SMARTS) is 1. The Balaban J connectivity index is 2.44. The van der Waals surface area contributed by atoms with E-state index < -0.39 is 28.5 Å². The van der Waals surface area contributed by atoms with E-state index in [1.54, 1.807) is 24.3 Å². The van der Waals surface area contributed by atoms with Crippen LogP contribution in [0.4, 0.5) is 0 Å². The van der Waals surface area contributed by atoms with Crippen LogP contribution < -0.4 is 4.72 Å². The summed E-state index contributed by atoms with van der Waals surface area (Å²) in [5, 5.41) is 9.49. The van der Waals surface area contributed by atoms with Crippen LogP contribution in [0.3, 0.4) is 0 Å². The first-order valence-corrected chi connectivity index (χ1v) is 9.26. The zero-order valence-corrected chi connectivity index (χ0v) is 15.1. The van der Waals surface area contributed by atoms with E-state index in [-0.39, 0.29) is 20.0 Å². The van der Waals surface area contributed by atoms with Crippen molar-refractivity contribution in [3.8, 4) is 0 Å². The third kappa shape index (κ3) is 4.62. The van der Waals surface area contributed by atoms with E-state index in [1.807, 2.05) is 0 Å². The highest BCUT2D eigenvalue weighted by Gasteiger charge is 2.26. The van der Waals surface area contributed by atoms with E-state index in [0.717, 1.165) is 0 Å². The van der Waals surface area contributed by atoms with Crippen molar-refractivity contribution in [2.75, 3.05) is 0 Å². The van der Waals surface area contributed by atoms with Crippen molar-refractivity contribution in [3.63, 3.8) is 0 Å². The van der Waals surface area contributed by atoms with Gasteiger partial charge < -0.3 is 5.11 Å². The lowest BCUT2D eigenvalue weighted by molar-refractivity contribution is -0.137. The van der Waals surface area contributed by atoms with Crippen LogP contribution in [0.2, 0.25) is 15.1 Å². The summed E-state index contributed by atoms with van der Waals surface area (Å²) in [6, 6.07) is 9.33. The largest absolute Gasteiger partial charge is 0.481 e. The fourth-order valence-electron chi connectivity index (χ4n) is 2.08. The number of carboxylic acids is 1. The standard InChI is InChI=1S/C15H12Cl3NO4S/c16-9-5-6-12(18)14(7-9)24(22,23)19-13(8-15(20)21)10-3-1-2-4-11(10)17/h1-7,13,19H,8H2,(H,20,21). The third-order valence-electron chi connectivity index (χ3n) is 3.14. The Kier molecular flexibility index (Phi) is 6.11. The first kappa shape index (κ1) is 19.0. The summed E-state index contributed by atoms with van der Waals surface area (Å²) in [5.41, 5.74) is 0.350. The number of halogens is 3. The average Bonchev–Trinajstić information content (AvgIpc) is 2.48. The molecule has 24 heavy (non-hydrogen) atoms. The molecular weight excluding hydrogens is 397 g/mol. The highest BCUT2D eigenvalue weighted by atomic mass is 35.5. The molecule has 0 fully saturated rings. The van der Waals surface area contributed by atoms with Crippen molar-refractivity contribution in [1.29, 1.82) is 0 Å². The van der Waals surface area contributed by atoms with Crippen molar-refractivity contribution < 1.29 is 18.3 Å². The van der Waals surface area contributed by atoms with Crippen LogP contribution in [-0.2, 0) is 14.8 Å². The van der Waals surface area contributed by atoms with E-state index in [4.69, 9.17) is 39.9 Å². The minimum absolute atomic E-state index is 0.0277. The van der Waals surface area contributed by atoms with E-state index >= 15 is 0 Å². The molecule has 0 heterocycles. The topological polar surface area (TPSA) is 83.5 Å². The molecule has 0 radical (unpaired) electrons. The fourth-order valence-corrected chi connectivity index (χ4v) is 4.33. The molecule has 0 aliphatic heterocycles. The Labute approximate surface area is 154 Å². The van der Waals surface area contributed by atoms with Gasteiger partial charge in [0.2, 0.25) is 10.0 Å². The summed E-state index contributed by atoms with van der Waals surface area (Å²) in [6.07, 6.45) is -0.485. The van der Waals surface area contributed by atoms with Gasteiger partial charge in [-0.05, 0) is 29.8 Å². The molecule has 1 unspecified atom stereocenters. The fraction of sp³-hybridized carbons (Fsp3) is 0.133. The number of hydrogen-bond donors (Lipinski definition) is 2. The van der Waals surface area contributed by atoms with Gasteiger partial charge in [0.15, 0.2) is 0 Å². The van der Waals surface area contributed by atoms with Crippen LogP contribution >= 0.6 is 34.8 Å². The second-order valence-electron chi connectivity index (χ2n) is 4.87. The second-order valence-corrected chi connectivity index (χ2v) is 7.80. The number of carbonyl (C=O) groups is 1. The van der Waals surface area contributed by atoms with Crippen molar-refractivity contribution in [3.05, 3.63) is 63.1 Å². The zero-order chi connectivity index (χ0) is 17.9. The molecule has 5 nitrogen and oxygen atoms in total. The molecule has 1 atom stereocenters. The van der Waals surface area contributed by atoms with Gasteiger partial charge in [0, 0.05) is 10.0 Å². The molecule has 0 spiro atoms. The zero-order valence-electron chi connectivity index (χ0n) is 12.0. The Hall–Kier alpha value is -1.31. The minimum Gasteiger partial charge on any atom is -0.481 e. The molecule has 0 bridgehead atoms. The van der Waals surface area contributed by atoms with Gasteiger partial charge in [-0.25, -0.2) is 13.1 Å². The van der Waals surface area contributed by atoms with E-state index in [0.29, 0.717) is 5.56 Å². The van der Waals surface area contributed by atoms with Crippen molar-refractivity contribution in [1.82, 2.24) is 4.72 Å². The first-order chi connectivity index (χ1) is 11.2. The number of sulfonamides is 1. The van der Waals surface area contributed by atoms with Crippen molar-refractivity contribution >= 4 is 50.8 Å². The van der Waals surface area contributed by atoms with E-state index in [1.165, 1.54) is 18.2 Å². The summed E-state index contributed by atoms with van der Waals surface area (Å²) in [7, 11) is -4.11. The number of benzene rings is 2. The van der Waals surface area contributed by atoms with Gasteiger partial charge in [-0.3, -0.25) is 4.79 Å². The monoisotopic (exact) mass is 407 g/mol. The highest BCUT2D eigenvalue weighted by Crippen LogP contribution is 2.30. The molecule has 0 aliphatic rings. The number of nitrogens with one attached hydrogen (secondary N) is 1. The van der Waals surface area contributed by atoms with Gasteiger partial charge in [0.05, 0.1) is 17.5 Å². The van der Waals surface area contributed by atoms with Crippen LogP contribution in [0.25, 0.3) is 0 Å². The van der Waals surface area contributed by atoms with Gasteiger partial charge >= 0.3 is 5.97 Å². The molecule has 2 N–H and O–H groups in total. The summed E-state index contributed by atoms with van der Waals surface area (Å²) in [4.78, 5) is 10.9. The molecular formula is C15H12Cl3NO4S. The van der Waals surface area contributed by atoms with Gasteiger partial charge in [0.1, 0.15) is 4.90 Å². The number of rotatable bonds is 6. The van der Waals surface area contributed by atoms with E-state index in [9.17, 15) is 13.2 Å². The lowest BCUT2D eigenvalue weighted by Gasteiger charge is -2.19. The third-order valence-corrected chi connectivity index (χ3v) is 5.67. The van der Waals surface area contributed by atoms with Gasteiger partial charge in [-0.1, -0.05) is 53.0 Å². The van der Waals surface area contributed by atoms with E-state index in [2.05, 4.69) is 4.72 Å². The van der Waals surface area contributed by atoms with Gasteiger partial charge in [-0.15, -0.1) is 0 Å². The van der Waals surface area contributed by atoms with Crippen LogP contribution in [0.5, 0.6) is 0 Å². The lowest BCUT2D eigenvalue weighted by atomic mass is 10.1. The maximum absolute atomic E-state index is 12.6. The average molecular weight is 409 g/mol. The maximum atomic E-state index is 12.6. The van der Waals surface area contributed by atoms with Crippen molar-refractivity contribution in [2.24, 2.45) is 0 Å². The molecule has 0 saturated carbocycles. The quantitative estimate of drug-likeness (QED) is 0.752. The highest BCUT2D eigenvalue weighted by molar-refractivity contribution is 7.89. The number of hydrogen-bond acceptors (Lipinski definition) is 3. The predicted molar refractivity (Wildman–Crippen MR) is 93.2 cm³/mol. The lowest BCUT2D eigenvalue weighted by Crippen LogP contribution is -2.30. The summed E-state index contributed by atoms with van der Waals surface area (Å²) in [6.45, 7) is 0. The minimum atomic E-state index is -4.11. The summed E-state index contributed by atoms with van der Waals surface area (Å²) < 4.78 is 27.5.